The van der Waals surface area contributed by atoms with Crippen LogP contribution in [0.1, 0.15) is 21.5 Å². The van der Waals surface area contributed by atoms with E-state index in [-0.39, 0.29) is 0 Å². The van der Waals surface area contributed by atoms with Crippen molar-refractivity contribution < 1.29 is 9.90 Å². The number of carboxylic acid groups (broad SMARTS) is 1. The zero-order valence-electron chi connectivity index (χ0n) is 10.3. The quantitative estimate of drug-likeness (QED) is 0.812. The number of nitrogens with one attached hydrogen (secondary N) is 1. The van der Waals surface area contributed by atoms with E-state index in [4.69, 9.17) is 5.11 Å². The van der Waals surface area contributed by atoms with Crippen LogP contribution in [0.2, 0.25) is 0 Å². The summed E-state index contributed by atoms with van der Waals surface area (Å²) >= 11 is 0. The van der Waals surface area contributed by atoms with Gasteiger partial charge >= 0.3 is 5.97 Å². The molecule has 0 radical (unpaired) electrons. The van der Waals surface area contributed by atoms with E-state index < -0.39 is 5.97 Å². The van der Waals surface area contributed by atoms with E-state index in [9.17, 15) is 4.79 Å². The van der Waals surface area contributed by atoms with E-state index in [0.717, 1.165) is 43.0 Å². The van der Waals surface area contributed by atoms with Gasteiger partial charge in [-0.2, -0.15) is 0 Å². The third-order valence-electron chi connectivity index (χ3n) is 3.30. The second kappa shape index (κ2) is 4.75. The van der Waals surface area contributed by atoms with E-state index in [0.29, 0.717) is 5.56 Å². The highest BCUT2D eigenvalue weighted by Gasteiger charge is 2.18. The molecule has 1 fully saturated rings. The molecule has 0 amide bonds. The van der Waals surface area contributed by atoms with E-state index in [2.05, 4.69) is 10.2 Å². The zero-order valence-corrected chi connectivity index (χ0v) is 10.3. The summed E-state index contributed by atoms with van der Waals surface area (Å²) in [7, 11) is 0. The first-order valence-electron chi connectivity index (χ1n) is 5.90. The number of carboxylic acids is 1. The lowest BCUT2D eigenvalue weighted by atomic mass is 10.0. The van der Waals surface area contributed by atoms with Gasteiger partial charge < -0.3 is 15.3 Å². The number of hydrogen-bond acceptors (Lipinski definition) is 3. The van der Waals surface area contributed by atoms with E-state index >= 15 is 0 Å². The van der Waals surface area contributed by atoms with Crippen LogP contribution >= 0.6 is 0 Å². The largest absolute Gasteiger partial charge is 0.478 e. The molecule has 1 aliphatic rings. The molecular formula is C13H18N2O2. The average Bonchev–Trinajstić information content (AvgIpc) is 2.30. The van der Waals surface area contributed by atoms with Crippen LogP contribution < -0.4 is 10.2 Å². The fourth-order valence-corrected chi connectivity index (χ4v) is 2.44. The van der Waals surface area contributed by atoms with Crippen LogP contribution in [0.25, 0.3) is 0 Å². The molecule has 1 aromatic rings. The summed E-state index contributed by atoms with van der Waals surface area (Å²) in [6, 6.07) is 3.59. The highest BCUT2D eigenvalue weighted by atomic mass is 16.4. The van der Waals surface area contributed by atoms with E-state index in [1.165, 1.54) is 0 Å². The van der Waals surface area contributed by atoms with Gasteiger partial charge in [0, 0.05) is 31.9 Å². The number of hydrogen-bond donors (Lipinski definition) is 2. The van der Waals surface area contributed by atoms with Crippen LogP contribution in [0.5, 0.6) is 0 Å². The summed E-state index contributed by atoms with van der Waals surface area (Å²) in [5.74, 6) is -0.848. The maximum Gasteiger partial charge on any atom is 0.336 e. The number of aromatic carboxylic acids is 1. The van der Waals surface area contributed by atoms with E-state index in [1.807, 2.05) is 19.9 Å². The van der Waals surface area contributed by atoms with Gasteiger partial charge in [0.15, 0.2) is 0 Å². The minimum atomic E-state index is -0.848. The minimum absolute atomic E-state index is 0.407. The van der Waals surface area contributed by atoms with Gasteiger partial charge in [-0.25, -0.2) is 4.79 Å². The number of carbonyl (C=O) groups is 1. The standard InChI is InChI=1S/C13H18N2O2/c1-9-3-4-11(13(16)17)10(2)12(9)15-7-5-14-6-8-15/h3-4,14H,5-8H2,1-2H3,(H,16,17). The summed E-state index contributed by atoms with van der Waals surface area (Å²) in [5, 5.41) is 12.5. The molecule has 0 atom stereocenters. The second-order valence-corrected chi connectivity index (χ2v) is 4.45. The molecule has 1 aliphatic heterocycles. The molecular weight excluding hydrogens is 216 g/mol. The lowest BCUT2D eigenvalue weighted by Crippen LogP contribution is -2.44. The summed E-state index contributed by atoms with van der Waals surface area (Å²) in [5.41, 5.74) is 3.52. The molecule has 0 aliphatic carbocycles. The topological polar surface area (TPSA) is 52.6 Å². The van der Waals surface area contributed by atoms with Crippen molar-refractivity contribution in [3.05, 3.63) is 28.8 Å². The minimum Gasteiger partial charge on any atom is -0.478 e. The summed E-state index contributed by atoms with van der Waals surface area (Å²) in [4.78, 5) is 13.4. The Bertz CT molecular complexity index is 437. The van der Waals surface area contributed by atoms with Gasteiger partial charge in [-0.15, -0.1) is 0 Å². The van der Waals surface area contributed by atoms with Gasteiger partial charge in [-0.1, -0.05) is 6.07 Å². The molecule has 2 rings (SSSR count). The first kappa shape index (κ1) is 11.9. The van der Waals surface area contributed by atoms with Crippen molar-refractivity contribution in [1.29, 1.82) is 0 Å². The normalized spacial score (nSPS) is 16.0. The van der Waals surface area contributed by atoms with Crippen molar-refractivity contribution in [1.82, 2.24) is 5.32 Å². The van der Waals surface area contributed by atoms with Crippen LogP contribution in [-0.2, 0) is 0 Å². The molecule has 0 aromatic heterocycles. The van der Waals surface area contributed by atoms with Gasteiger partial charge in [0.1, 0.15) is 0 Å². The van der Waals surface area contributed by atoms with Gasteiger partial charge in [-0.3, -0.25) is 0 Å². The first-order chi connectivity index (χ1) is 8.11. The molecule has 17 heavy (non-hydrogen) atoms. The fraction of sp³-hybridized carbons (Fsp3) is 0.462. The number of rotatable bonds is 2. The lowest BCUT2D eigenvalue weighted by Gasteiger charge is -2.32. The number of benzene rings is 1. The number of nitrogens with zero attached hydrogens (tertiary/aromatic N) is 1. The molecule has 4 heteroatoms. The monoisotopic (exact) mass is 234 g/mol. The van der Waals surface area contributed by atoms with Crippen molar-refractivity contribution in [3.8, 4) is 0 Å². The second-order valence-electron chi connectivity index (χ2n) is 4.45. The Morgan fingerprint density at radius 3 is 2.53 bits per heavy atom. The van der Waals surface area contributed by atoms with Crippen LogP contribution in [0.15, 0.2) is 12.1 Å². The SMILES string of the molecule is Cc1ccc(C(=O)O)c(C)c1N1CCNCC1. The van der Waals surface area contributed by atoms with Crippen LogP contribution in [-0.4, -0.2) is 37.3 Å². The van der Waals surface area contributed by atoms with Crippen molar-refractivity contribution >= 4 is 11.7 Å². The average molecular weight is 234 g/mol. The molecule has 4 nitrogen and oxygen atoms in total. The molecule has 2 N–H and O–H groups in total. The Balaban J connectivity index is 2.43. The molecule has 0 bridgehead atoms. The molecule has 92 valence electrons. The molecule has 0 spiro atoms. The molecule has 1 heterocycles. The van der Waals surface area contributed by atoms with Gasteiger partial charge in [0.2, 0.25) is 0 Å². The molecule has 0 unspecified atom stereocenters. The van der Waals surface area contributed by atoms with Crippen LogP contribution in [0, 0.1) is 13.8 Å². The number of anilines is 1. The third kappa shape index (κ3) is 2.26. The Hall–Kier alpha value is -1.55. The first-order valence-corrected chi connectivity index (χ1v) is 5.90. The summed E-state index contributed by atoms with van der Waals surface area (Å²) in [6.07, 6.45) is 0. The maximum absolute atomic E-state index is 11.1. The lowest BCUT2D eigenvalue weighted by molar-refractivity contribution is 0.0696. The fourth-order valence-electron chi connectivity index (χ4n) is 2.44. The predicted molar refractivity (Wildman–Crippen MR) is 68.0 cm³/mol. The van der Waals surface area contributed by atoms with Crippen molar-refractivity contribution in [2.75, 3.05) is 31.1 Å². The Kier molecular flexibility index (Phi) is 3.33. The third-order valence-corrected chi connectivity index (χ3v) is 3.30. The Morgan fingerprint density at radius 1 is 1.29 bits per heavy atom. The molecule has 1 aromatic carbocycles. The molecule has 0 saturated carbocycles. The van der Waals surface area contributed by atoms with Crippen molar-refractivity contribution in [2.45, 2.75) is 13.8 Å². The number of piperazine rings is 1. The van der Waals surface area contributed by atoms with Gasteiger partial charge in [-0.05, 0) is 31.0 Å². The van der Waals surface area contributed by atoms with E-state index in [1.54, 1.807) is 6.07 Å². The Morgan fingerprint density at radius 2 is 1.94 bits per heavy atom. The maximum atomic E-state index is 11.1. The highest BCUT2D eigenvalue weighted by molar-refractivity contribution is 5.91. The van der Waals surface area contributed by atoms with Crippen LogP contribution in [0.3, 0.4) is 0 Å². The summed E-state index contributed by atoms with van der Waals surface area (Å²) in [6.45, 7) is 7.71. The summed E-state index contributed by atoms with van der Waals surface area (Å²) < 4.78 is 0. The predicted octanol–water partition coefficient (Wildman–Crippen LogP) is 1.41. The molecule has 1 saturated heterocycles. The van der Waals surface area contributed by atoms with Gasteiger partial charge in [0.25, 0.3) is 0 Å². The van der Waals surface area contributed by atoms with Crippen molar-refractivity contribution in [3.63, 3.8) is 0 Å². The zero-order chi connectivity index (χ0) is 12.4. The van der Waals surface area contributed by atoms with Crippen LogP contribution in [0.4, 0.5) is 5.69 Å². The highest BCUT2D eigenvalue weighted by Crippen LogP contribution is 2.27. The van der Waals surface area contributed by atoms with Crippen molar-refractivity contribution in [2.24, 2.45) is 0 Å². The van der Waals surface area contributed by atoms with Gasteiger partial charge in [0.05, 0.1) is 5.56 Å². The number of aryl methyl sites for hydroxylation is 1. The smallest absolute Gasteiger partial charge is 0.336 e. The Labute approximate surface area is 101 Å².